The van der Waals surface area contributed by atoms with E-state index >= 15 is 0 Å². The quantitative estimate of drug-likeness (QED) is 0.882. The molecule has 120 valence electrons. The molecule has 3 N–H and O–H groups in total. The van der Waals surface area contributed by atoms with E-state index < -0.39 is 10.0 Å². The van der Waals surface area contributed by atoms with Crippen LogP contribution in [0.15, 0.2) is 4.90 Å². The van der Waals surface area contributed by atoms with Crippen LogP contribution in [0.4, 0.5) is 10.8 Å². The van der Waals surface area contributed by atoms with Crippen molar-refractivity contribution in [3.05, 3.63) is 0 Å². The molecule has 0 saturated heterocycles. The summed E-state index contributed by atoms with van der Waals surface area (Å²) in [5.74, 6) is 1.21. The van der Waals surface area contributed by atoms with Crippen LogP contribution in [0.5, 0.6) is 0 Å². The summed E-state index contributed by atoms with van der Waals surface area (Å²) < 4.78 is 30.0. The Morgan fingerprint density at radius 3 is 2.62 bits per heavy atom. The van der Waals surface area contributed by atoms with E-state index in [1.807, 2.05) is 0 Å². The molecule has 0 spiro atoms. The van der Waals surface area contributed by atoms with Crippen LogP contribution in [0.3, 0.4) is 0 Å². The van der Waals surface area contributed by atoms with Crippen LogP contribution >= 0.6 is 11.5 Å². The molecule has 0 radical (unpaired) electrons. The molecule has 1 heterocycles. The zero-order valence-electron chi connectivity index (χ0n) is 13.0. The van der Waals surface area contributed by atoms with Crippen LogP contribution in [0.1, 0.15) is 33.1 Å². The van der Waals surface area contributed by atoms with Crippen LogP contribution in [0.25, 0.3) is 0 Å². The summed E-state index contributed by atoms with van der Waals surface area (Å²) in [6.07, 6.45) is 3.44. The molecular weight excluding hydrogens is 308 g/mol. The summed E-state index contributed by atoms with van der Waals surface area (Å²) in [6.45, 7) is 4.46. The van der Waals surface area contributed by atoms with Crippen molar-refractivity contribution >= 4 is 32.4 Å². The van der Waals surface area contributed by atoms with Gasteiger partial charge in [0.1, 0.15) is 5.00 Å². The first kappa shape index (κ1) is 16.5. The lowest BCUT2D eigenvalue weighted by atomic mass is 9.78. The Labute approximate surface area is 130 Å². The second-order valence-corrected chi connectivity index (χ2v) is 8.89. The summed E-state index contributed by atoms with van der Waals surface area (Å²) >= 11 is 1.13. The monoisotopic (exact) mass is 332 g/mol. The van der Waals surface area contributed by atoms with Crippen molar-refractivity contribution in [3.63, 3.8) is 0 Å². The molecule has 1 fully saturated rings. The fraction of sp³-hybridized carbons (Fsp3) is 0.769. The number of rotatable bonds is 4. The molecule has 0 bridgehead atoms. The van der Waals surface area contributed by atoms with Crippen molar-refractivity contribution in [2.24, 2.45) is 11.8 Å². The summed E-state index contributed by atoms with van der Waals surface area (Å²) in [4.78, 5) is 0.114. The highest BCUT2D eigenvalue weighted by Gasteiger charge is 2.32. The number of anilines is 2. The van der Waals surface area contributed by atoms with Gasteiger partial charge in [0.15, 0.2) is 10.7 Å². The zero-order chi connectivity index (χ0) is 15.8. The maximum absolute atomic E-state index is 12.4. The van der Waals surface area contributed by atoms with Crippen molar-refractivity contribution in [1.29, 1.82) is 0 Å². The Balaban J connectivity index is 2.30. The molecule has 3 atom stereocenters. The fourth-order valence-corrected chi connectivity index (χ4v) is 4.90. The average Bonchev–Trinajstić information content (AvgIpc) is 2.76. The van der Waals surface area contributed by atoms with Gasteiger partial charge in [-0.3, -0.25) is 0 Å². The third-order valence-electron chi connectivity index (χ3n) is 4.44. The minimum absolute atomic E-state index is 0.0766. The standard InChI is InChI=1S/C13H24N4O2S2/c1-8-6-5-7-10(9(8)2)15-13-11(12(14)16-20-13)21(18,19)17(3)4/h8-10,15H,5-7H2,1-4H3,(H2,14,16). The van der Waals surface area contributed by atoms with E-state index in [0.717, 1.165) is 24.4 Å². The number of nitrogens with two attached hydrogens (primary N) is 1. The maximum atomic E-state index is 12.4. The number of aromatic nitrogens is 1. The Hall–Kier alpha value is -0.860. The summed E-state index contributed by atoms with van der Waals surface area (Å²) in [5.41, 5.74) is 5.79. The number of nitrogens with zero attached hydrogens (tertiary/aromatic N) is 2. The molecule has 2 rings (SSSR count). The second-order valence-electron chi connectivity index (χ2n) is 6.03. The molecule has 0 aromatic carbocycles. The highest BCUT2D eigenvalue weighted by molar-refractivity contribution is 7.89. The van der Waals surface area contributed by atoms with Gasteiger partial charge < -0.3 is 11.1 Å². The summed E-state index contributed by atoms with van der Waals surface area (Å²) in [5, 5.41) is 3.94. The van der Waals surface area contributed by atoms with Crippen molar-refractivity contribution in [2.45, 2.75) is 44.0 Å². The number of nitrogen functional groups attached to an aromatic ring is 1. The molecule has 1 aromatic heterocycles. The Morgan fingerprint density at radius 2 is 2.00 bits per heavy atom. The van der Waals surface area contributed by atoms with E-state index in [4.69, 9.17) is 5.73 Å². The highest BCUT2D eigenvalue weighted by Crippen LogP contribution is 2.37. The first-order chi connectivity index (χ1) is 9.75. The largest absolute Gasteiger partial charge is 0.382 e. The van der Waals surface area contributed by atoms with Crippen LogP contribution in [-0.2, 0) is 10.0 Å². The third-order valence-corrected chi connectivity index (χ3v) is 7.25. The summed E-state index contributed by atoms with van der Waals surface area (Å²) in [6, 6.07) is 0.268. The molecular formula is C13H24N4O2S2. The Bertz CT molecular complexity index is 597. The van der Waals surface area contributed by atoms with Gasteiger partial charge in [-0.2, -0.15) is 4.37 Å². The van der Waals surface area contributed by atoms with E-state index in [1.165, 1.54) is 24.8 Å². The first-order valence-corrected chi connectivity index (χ1v) is 9.40. The molecule has 8 heteroatoms. The number of hydrogen-bond acceptors (Lipinski definition) is 6. The zero-order valence-corrected chi connectivity index (χ0v) is 14.6. The van der Waals surface area contributed by atoms with Gasteiger partial charge >= 0.3 is 0 Å². The van der Waals surface area contributed by atoms with E-state index in [2.05, 4.69) is 23.5 Å². The lowest BCUT2D eigenvalue weighted by molar-refractivity contribution is 0.253. The predicted octanol–water partition coefficient (Wildman–Crippen LogP) is 2.21. The smallest absolute Gasteiger partial charge is 0.249 e. The van der Waals surface area contributed by atoms with Gasteiger partial charge in [-0.25, -0.2) is 12.7 Å². The topological polar surface area (TPSA) is 88.3 Å². The van der Waals surface area contributed by atoms with Gasteiger partial charge in [0.25, 0.3) is 0 Å². The molecule has 1 aliphatic carbocycles. The van der Waals surface area contributed by atoms with E-state index in [9.17, 15) is 8.42 Å². The normalized spacial score (nSPS) is 27.0. The van der Waals surface area contributed by atoms with Gasteiger partial charge in [-0.15, -0.1) is 0 Å². The number of nitrogens with one attached hydrogen (secondary N) is 1. The molecule has 6 nitrogen and oxygen atoms in total. The number of hydrogen-bond donors (Lipinski definition) is 2. The lowest BCUT2D eigenvalue weighted by Crippen LogP contribution is -2.35. The minimum atomic E-state index is -3.58. The van der Waals surface area contributed by atoms with E-state index in [-0.39, 0.29) is 16.8 Å². The number of sulfonamides is 1. The molecule has 1 aliphatic rings. The van der Waals surface area contributed by atoms with Crippen LogP contribution in [0.2, 0.25) is 0 Å². The maximum Gasteiger partial charge on any atom is 0.249 e. The second kappa shape index (κ2) is 6.10. The first-order valence-electron chi connectivity index (χ1n) is 7.19. The van der Waals surface area contributed by atoms with Crippen molar-refractivity contribution in [3.8, 4) is 0 Å². The van der Waals surface area contributed by atoms with Gasteiger partial charge in [-0.05, 0) is 29.8 Å². The SMILES string of the molecule is CC1CCCC(Nc2snc(N)c2S(=O)(=O)N(C)C)C1C. The van der Waals surface area contributed by atoms with Gasteiger partial charge in [-0.1, -0.05) is 26.7 Å². The minimum Gasteiger partial charge on any atom is -0.382 e. The molecule has 3 unspecified atom stereocenters. The molecule has 1 aromatic rings. The van der Waals surface area contributed by atoms with Crippen LogP contribution < -0.4 is 11.1 Å². The van der Waals surface area contributed by atoms with Crippen LogP contribution in [-0.4, -0.2) is 37.2 Å². The molecule has 21 heavy (non-hydrogen) atoms. The molecule has 0 amide bonds. The van der Waals surface area contributed by atoms with Crippen molar-refractivity contribution < 1.29 is 8.42 Å². The van der Waals surface area contributed by atoms with Gasteiger partial charge in [0.2, 0.25) is 10.0 Å². The highest BCUT2D eigenvalue weighted by atomic mass is 32.2. The van der Waals surface area contributed by atoms with Crippen LogP contribution in [0, 0.1) is 11.8 Å². The Morgan fingerprint density at radius 1 is 1.33 bits per heavy atom. The molecule has 1 saturated carbocycles. The third kappa shape index (κ3) is 3.17. The van der Waals surface area contributed by atoms with Gasteiger partial charge in [0, 0.05) is 20.1 Å². The molecule has 0 aliphatic heterocycles. The van der Waals surface area contributed by atoms with Gasteiger partial charge in [0.05, 0.1) is 0 Å². The average molecular weight is 332 g/mol. The van der Waals surface area contributed by atoms with Crippen molar-refractivity contribution in [2.75, 3.05) is 25.1 Å². The fourth-order valence-electron chi connectivity index (χ4n) is 2.77. The lowest BCUT2D eigenvalue weighted by Gasteiger charge is -2.35. The van der Waals surface area contributed by atoms with E-state index in [0.29, 0.717) is 16.8 Å². The van der Waals surface area contributed by atoms with Crippen molar-refractivity contribution in [1.82, 2.24) is 8.68 Å². The predicted molar refractivity (Wildman–Crippen MR) is 87.0 cm³/mol. The van der Waals surface area contributed by atoms with E-state index in [1.54, 1.807) is 0 Å². The Kier molecular flexibility index (Phi) is 4.79. The summed E-state index contributed by atoms with van der Waals surface area (Å²) in [7, 11) is -0.580.